The average Bonchev–Trinajstić information content (AvgIpc) is 2.76. The summed E-state index contributed by atoms with van der Waals surface area (Å²) in [7, 11) is 0. The van der Waals surface area contributed by atoms with Crippen molar-refractivity contribution in [3.63, 3.8) is 0 Å². The van der Waals surface area contributed by atoms with E-state index in [-0.39, 0.29) is 17.0 Å². The molecule has 2 aliphatic rings. The van der Waals surface area contributed by atoms with Crippen LogP contribution in [0.5, 0.6) is 0 Å². The Hall–Kier alpha value is -1.90. The molecule has 0 spiro atoms. The molecule has 1 aromatic heterocycles. The van der Waals surface area contributed by atoms with E-state index in [1.807, 2.05) is 12.1 Å². The Morgan fingerprint density at radius 1 is 1.14 bits per heavy atom. The van der Waals surface area contributed by atoms with Crippen LogP contribution in [-0.4, -0.2) is 10.4 Å². The second-order valence-corrected chi connectivity index (χ2v) is 7.03. The number of benzene rings is 1. The van der Waals surface area contributed by atoms with Crippen LogP contribution in [0.15, 0.2) is 24.3 Å². The molecule has 0 unspecified atom stereocenters. The fourth-order valence-corrected chi connectivity index (χ4v) is 3.80. The molecule has 21 heavy (non-hydrogen) atoms. The van der Waals surface area contributed by atoms with Crippen molar-refractivity contribution in [2.24, 2.45) is 5.41 Å². The zero-order valence-corrected chi connectivity index (χ0v) is 12.4. The van der Waals surface area contributed by atoms with Gasteiger partial charge in [0.25, 0.3) is 0 Å². The van der Waals surface area contributed by atoms with E-state index in [0.29, 0.717) is 6.42 Å². The highest BCUT2D eigenvalue weighted by atomic mass is 19.1. The third-order valence-corrected chi connectivity index (χ3v) is 4.74. The minimum Gasteiger partial charge on any atom is -0.344 e. The molecule has 0 fully saturated rings. The van der Waals surface area contributed by atoms with Crippen molar-refractivity contribution in [3.05, 3.63) is 46.9 Å². The molecule has 0 amide bonds. The van der Waals surface area contributed by atoms with Crippen LogP contribution in [0.2, 0.25) is 0 Å². The van der Waals surface area contributed by atoms with Gasteiger partial charge in [0.2, 0.25) is 0 Å². The van der Waals surface area contributed by atoms with Crippen LogP contribution < -0.4 is 0 Å². The monoisotopic (exact) mass is 283 g/mol. The Balaban J connectivity index is 1.92. The third-order valence-electron chi connectivity index (χ3n) is 4.74. The number of halogens is 1. The van der Waals surface area contributed by atoms with Crippen molar-refractivity contribution in [2.75, 3.05) is 0 Å². The molecule has 108 valence electrons. The van der Waals surface area contributed by atoms with Crippen LogP contribution in [0.4, 0.5) is 4.39 Å². The van der Waals surface area contributed by atoms with Gasteiger partial charge in [-0.15, -0.1) is 0 Å². The van der Waals surface area contributed by atoms with Gasteiger partial charge in [0.05, 0.1) is 0 Å². The first-order valence-electron chi connectivity index (χ1n) is 7.49. The Bertz CT molecular complexity index is 770. The van der Waals surface area contributed by atoms with Crippen LogP contribution in [0.25, 0.3) is 11.3 Å². The third kappa shape index (κ3) is 1.87. The number of hydrogen-bond acceptors (Lipinski definition) is 1. The van der Waals surface area contributed by atoms with Crippen molar-refractivity contribution in [1.82, 2.24) is 4.57 Å². The predicted molar refractivity (Wildman–Crippen MR) is 80.0 cm³/mol. The molecule has 0 radical (unpaired) electrons. The van der Waals surface area contributed by atoms with E-state index in [0.717, 1.165) is 41.8 Å². The first kappa shape index (κ1) is 12.8. The molecule has 0 bridgehead atoms. The number of aryl methyl sites for hydroxylation is 1. The summed E-state index contributed by atoms with van der Waals surface area (Å²) >= 11 is 0. The zero-order chi connectivity index (χ0) is 14.8. The highest BCUT2D eigenvalue weighted by molar-refractivity contribution is 6.00. The molecule has 1 aromatic carbocycles. The van der Waals surface area contributed by atoms with Gasteiger partial charge in [0.15, 0.2) is 5.78 Å². The van der Waals surface area contributed by atoms with Crippen molar-refractivity contribution < 1.29 is 9.18 Å². The summed E-state index contributed by atoms with van der Waals surface area (Å²) in [4.78, 5) is 12.4. The van der Waals surface area contributed by atoms with Gasteiger partial charge in [0.1, 0.15) is 5.82 Å². The summed E-state index contributed by atoms with van der Waals surface area (Å²) in [6.45, 7) is 5.14. The number of carbonyl (C=O) groups is 1. The Kier molecular flexibility index (Phi) is 2.48. The molecule has 4 rings (SSSR count). The van der Waals surface area contributed by atoms with Gasteiger partial charge in [-0.25, -0.2) is 4.39 Å². The smallest absolute Gasteiger partial charge is 0.165 e. The summed E-state index contributed by atoms with van der Waals surface area (Å²) in [6.07, 6.45) is 2.38. The van der Waals surface area contributed by atoms with Gasteiger partial charge >= 0.3 is 0 Å². The zero-order valence-electron chi connectivity index (χ0n) is 12.4. The van der Waals surface area contributed by atoms with Gasteiger partial charge in [0, 0.05) is 35.5 Å². The van der Waals surface area contributed by atoms with Crippen molar-refractivity contribution >= 4 is 5.78 Å². The lowest BCUT2D eigenvalue weighted by Crippen LogP contribution is -2.28. The topological polar surface area (TPSA) is 22.0 Å². The Morgan fingerprint density at radius 2 is 1.95 bits per heavy atom. The summed E-state index contributed by atoms with van der Waals surface area (Å²) < 4.78 is 15.7. The number of fused-ring (bicyclic) bond motifs is 5. The number of Topliss-reactive ketones (excluding diaryl/α,β-unsaturated/α-hetero) is 1. The fourth-order valence-electron chi connectivity index (χ4n) is 3.80. The van der Waals surface area contributed by atoms with E-state index in [9.17, 15) is 9.18 Å². The molecule has 2 nitrogen and oxygen atoms in total. The van der Waals surface area contributed by atoms with Crippen LogP contribution in [-0.2, 0) is 19.4 Å². The SMILES string of the molecule is CC1(C)CC(=O)c2cc3n(c2C1)CCc1cc(F)ccc1-3. The summed E-state index contributed by atoms with van der Waals surface area (Å²) in [5.41, 5.74) is 5.27. The van der Waals surface area contributed by atoms with Crippen LogP contribution >= 0.6 is 0 Å². The van der Waals surface area contributed by atoms with Gasteiger partial charge < -0.3 is 4.57 Å². The highest BCUT2D eigenvalue weighted by Crippen LogP contribution is 2.41. The van der Waals surface area contributed by atoms with E-state index >= 15 is 0 Å². The minimum atomic E-state index is -0.185. The molecule has 3 heteroatoms. The predicted octanol–water partition coefficient (Wildman–Crippen LogP) is 4.01. The molecule has 2 heterocycles. The van der Waals surface area contributed by atoms with E-state index < -0.39 is 0 Å². The van der Waals surface area contributed by atoms with Crippen molar-refractivity contribution in [1.29, 1.82) is 0 Å². The summed E-state index contributed by atoms with van der Waals surface area (Å²) in [6, 6.07) is 6.99. The number of nitrogens with zero attached hydrogens (tertiary/aromatic N) is 1. The quantitative estimate of drug-likeness (QED) is 0.716. The van der Waals surface area contributed by atoms with Gasteiger partial charge in [-0.1, -0.05) is 13.8 Å². The standard InChI is InChI=1S/C18H18FNO/c1-18(2)9-16-14(17(21)10-18)8-15-13-4-3-12(19)7-11(13)5-6-20(15)16/h3-4,7-8H,5-6,9-10H2,1-2H3. The van der Waals surface area contributed by atoms with Crippen molar-refractivity contribution in [2.45, 2.75) is 39.7 Å². The molecular formula is C18H18FNO. The number of rotatable bonds is 0. The maximum absolute atomic E-state index is 13.4. The Morgan fingerprint density at radius 3 is 2.76 bits per heavy atom. The molecule has 1 aliphatic heterocycles. The second-order valence-electron chi connectivity index (χ2n) is 7.03. The second kappa shape index (κ2) is 4.06. The fraction of sp³-hybridized carbons (Fsp3) is 0.389. The highest BCUT2D eigenvalue weighted by Gasteiger charge is 2.35. The number of aromatic nitrogens is 1. The molecule has 0 saturated carbocycles. The molecule has 0 saturated heterocycles. The van der Waals surface area contributed by atoms with E-state index in [2.05, 4.69) is 18.4 Å². The lowest BCUT2D eigenvalue weighted by molar-refractivity contribution is 0.0910. The average molecular weight is 283 g/mol. The van der Waals surface area contributed by atoms with Gasteiger partial charge in [-0.05, 0) is 48.1 Å². The first-order valence-corrected chi connectivity index (χ1v) is 7.49. The summed E-state index contributed by atoms with van der Waals surface area (Å²) in [5, 5.41) is 0. The maximum Gasteiger partial charge on any atom is 0.165 e. The normalized spacial score (nSPS) is 18.9. The molecule has 1 aliphatic carbocycles. The van der Waals surface area contributed by atoms with Crippen LogP contribution in [0, 0.1) is 11.2 Å². The van der Waals surface area contributed by atoms with Crippen LogP contribution in [0.3, 0.4) is 0 Å². The number of hydrogen-bond donors (Lipinski definition) is 0. The summed E-state index contributed by atoms with van der Waals surface area (Å²) in [5.74, 6) is 0.0579. The molecule has 2 aromatic rings. The molecular weight excluding hydrogens is 265 g/mol. The number of ketones is 1. The first-order chi connectivity index (χ1) is 9.94. The Labute approximate surface area is 123 Å². The molecule has 0 N–H and O–H groups in total. The van der Waals surface area contributed by atoms with E-state index in [4.69, 9.17) is 0 Å². The van der Waals surface area contributed by atoms with E-state index in [1.54, 1.807) is 6.07 Å². The van der Waals surface area contributed by atoms with Crippen LogP contribution in [0.1, 0.15) is 41.9 Å². The van der Waals surface area contributed by atoms with Crippen molar-refractivity contribution in [3.8, 4) is 11.3 Å². The lowest BCUT2D eigenvalue weighted by atomic mass is 9.76. The lowest BCUT2D eigenvalue weighted by Gasteiger charge is -2.30. The number of carbonyl (C=O) groups excluding carboxylic acids is 1. The molecule has 0 atom stereocenters. The van der Waals surface area contributed by atoms with E-state index in [1.165, 1.54) is 11.8 Å². The van der Waals surface area contributed by atoms with Gasteiger partial charge in [-0.2, -0.15) is 0 Å². The maximum atomic E-state index is 13.4. The largest absolute Gasteiger partial charge is 0.344 e. The minimum absolute atomic E-state index is 0.0300. The van der Waals surface area contributed by atoms with Gasteiger partial charge in [-0.3, -0.25) is 4.79 Å².